The second-order valence-electron chi connectivity index (χ2n) is 4.71. The highest BCUT2D eigenvalue weighted by atomic mass is 79.9. The van der Waals surface area contributed by atoms with Gasteiger partial charge in [-0.05, 0) is 47.9 Å². The van der Waals surface area contributed by atoms with Crippen LogP contribution in [0.5, 0.6) is 0 Å². The Hall–Kier alpha value is -1.40. The Bertz CT molecular complexity index is 620. The van der Waals surface area contributed by atoms with Crippen molar-refractivity contribution in [2.45, 2.75) is 18.6 Å². The van der Waals surface area contributed by atoms with Crippen LogP contribution in [-0.4, -0.2) is 0 Å². The highest BCUT2D eigenvalue weighted by molar-refractivity contribution is 9.10. The molecule has 21 heavy (non-hydrogen) atoms. The molecule has 0 saturated carbocycles. The summed E-state index contributed by atoms with van der Waals surface area (Å²) in [6.45, 7) is 0. The van der Waals surface area contributed by atoms with Gasteiger partial charge >= 0.3 is 6.18 Å². The number of benzene rings is 2. The molecule has 0 spiro atoms. The fraction of sp³-hybridized carbons (Fsp3) is 0.200. The average Bonchev–Trinajstić information content (AvgIpc) is 2.36. The van der Waals surface area contributed by atoms with Crippen LogP contribution in [0.1, 0.15) is 22.7 Å². The molecule has 0 aromatic heterocycles. The first-order valence-corrected chi connectivity index (χ1v) is 6.93. The standard InChI is InChI=1S/C15H12BrF4N/c16-12-4-9(5-13(17)8-12)6-14(21)10-2-1-3-11(7-10)15(18,19)20/h1-5,7-8,14H,6,21H2. The van der Waals surface area contributed by atoms with Crippen molar-refractivity contribution in [3.63, 3.8) is 0 Å². The Morgan fingerprint density at radius 2 is 1.81 bits per heavy atom. The lowest BCUT2D eigenvalue weighted by molar-refractivity contribution is -0.137. The first-order valence-electron chi connectivity index (χ1n) is 6.13. The molecule has 1 nitrogen and oxygen atoms in total. The third kappa shape index (κ3) is 4.28. The van der Waals surface area contributed by atoms with E-state index in [-0.39, 0.29) is 6.42 Å². The van der Waals surface area contributed by atoms with Gasteiger partial charge in [-0.1, -0.05) is 28.1 Å². The number of halogens is 5. The zero-order valence-corrected chi connectivity index (χ0v) is 12.4. The number of nitrogens with two attached hydrogens (primary N) is 1. The molecule has 0 fully saturated rings. The minimum atomic E-state index is -4.41. The summed E-state index contributed by atoms with van der Waals surface area (Å²) in [5, 5.41) is 0. The van der Waals surface area contributed by atoms with Crippen molar-refractivity contribution in [3.8, 4) is 0 Å². The molecule has 2 N–H and O–H groups in total. The van der Waals surface area contributed by atoms with Gasteiger partial charge in [-0.15, -0.1) is 0 Å². The van der Waals surface area contributed by atoms with Crippen molar-refractivity contribution in [1.29, 1.82) is 0 Å². The van der Waals surface area contributed by atoms with Crippen molar-refractivity contribution >= 4 is 15.9 Å². The molecule has 0 heterocycles. The number of alkyl halides is 3. The second kappa shape index (κ2) is 6.15. The highest BCUT2D eigenvalue weighted by Crippen LogP contribution is 2.31. The van der Waals surface area contributed by atoms with Gasteiger partial charge in [0.2, 0.25) is 0 Å². The molecule has 2 aromatic rings. The first-order chi connectivity index (χ1) is 9.75. The molecule has 1 atom stereocenters. The van der Waals surface area contributed by atoms with E-state index in [0.717, 1.165) is 12.1 Å². The Balaban J connectivity index is 2.22. The summed E-state index contributed by atoms with van der Waals surface area (Å²) in [7, 11) is 0. The van der Waals surface area contributed by atoms with Crippen molar-refractivity contribution in [3.05, 3.63) is 69.4 Å². The van der Waals surface area contributed by atoms with Crippen molar-refractivity contribution < 1.29 is 17.6 Å². The van der Waals surface area contributed by atoms with E-state index in [0.29, 0.717) is 15.6 Å². The summed E-state index contributed by atoms with van der Waals surface area (Å²) in [5.41, 5.74) is 6.18. The van der Waals surface area contributed by atoms with E-state index in [1.807, 2.05) is 0 Å². The van der Waals surface area contributed by atoms with Crippen LogP contribution in [0.15, 0.2) is 46.9 Å². The zero-order valence-electron chi connectivity index (χ0n) is 10.8. The monoisotopic (exact) mass is 361 g/mol. The fourth-order valence-electron chi connectivity index (χ4n) is 2.05. The van der Waals surface area contributed by atoms with E-state index in [1.165, 1.54) is 24.3 Å². The maximum atomic E-state index is 13.3. The van der Waals surface area contributed by atoms with Gasteiger partial charge in [0, 0.05) is 10.5 Å². The van der Waals surface area contributed by atoms with Gasteiger partial charge < -0.3 is 5.73 Å². The SMILES string of the molecule is NC(Cc1cc(F)cc(Br)c1)c1cccc(C(F)(F)F)c1. The van der Waals surface area contributed by atoms with Crippen LogP contribution >= 0.6 is 15.9 Å². The molecule has 0 aliphatic heterocycles. The van der Waals surface area contributed by atoms with Crippen molar-refractivity contribution in [2.24, 2.45) is 5.73 Å². The van der Waals surface area contributed by atoms with Gasteiger partial charge in [-0.3, -0.25) is 0 Å². The van der Waals surface area contributed by atoms with E-state index >= 15 is 0 Å². The highest BCUT2D eigenvalue weighted by Gasteiger charge is 2.30. The topological polar surface area (TPSA) is 26.0 Å². The number of rotatable bonds is 3. The molecule has 2 rings (SSSR count). The molecule has 2 aromatic carbocycles. The third-order valence-corrected chi connectivity index (χ3v) is 3.48. The number of hydrogen-bond acceptors (Lipinski definition) is 1. The zero-order chi connectivity index (χ0) is 15.6. The van der Waals surface area contributed by atoms with Gasteiger partial charge in [0.1, 0.15) is 5.82 Å². The molecule has 0 aliphatic carbocycles. The molecule has 0 amide bonds. The van der Waals surface area contributed by atoms with Crippen LogP contribution in [0.4, 0.5) is 17.6 Å². The smallest absolute Gasteiger partial charge is 0.324 e. The summed E-state index contributed by atoms with van der Waals surface area (Å²) in [6, 6.07) is 8.55. The predicted molar refractivity (Wildman–Crippen MR) is 76.2 cm³/mol. The summed E-state index contributed by atoms with van der Waals surface area (Å²) >= 11 is 3.17. The van der Waals surface area contributed by atoms with Crippen molar-refractivity contribution in [2.75, 3.05) is 0 Å². The van der Waals surface area contributed by atoms with Crippen LogP contribution in [0.2, 0.25) is 0 Å². The van der Waals surface area contributed by atoms with Gasteiger partial charge in [0.25, 0.3) is 0 Å². The van der Waals surface area contributed by atoms with Crippen LogP contribution < -0.4 is 5.73 Å². The summed E-state index contributed by atoms with van der Waals surface area (Å²) < 4.78 is 51.8. The van der Waals surface area contributed by atoms with Crippen molar-refractivity contribution in [1.82, 2.24) is 0 Å². The molecular formula is C15H12BrF4N. The molecule has 0 radical (unpaired) electrons. The van der Waals surface area contributed by atoms with E-state index in [1.54, 1.807) is 6.07 Å². The first kappa shape index (κ1) is 16.0. The van der Waals surface area contributed by atoms with Gasteiger partial charge in [-0.2, -0.15) is 13.2 Å². The maximum absolute atomic E-state index is 13.3. The molecule has 0 aliphatic rings. The summed E-state index contributed by atoms with van der Waals surface area (Å²) in [4.78, 5) is 0. The molecule has 112 valence electrons. The summed E-state index contributed by atoms with van der Waals surface area (Å²) in [5.74, 6) is -0.421. The van der Waals surface area contributed by atoms with E-state index in [2.05, 4.69) is 15.9 Å². The lowest BCUT2D eigenvalue weighted by atomic mass is 9.98. The lowest BCUT2D eigenvalue weighted by Crippen LogP contribution is -2.15. The Morgan fingerprint density at radius 1 is 1.10 bits per heavy atom. The second-order valence-corrected chi connectivity index (χ2v) is 5.63. The average molecular weight is 362 g/mol. The molecule has 1 unspecified atom stereocenters. The fourth-order valence-corrected chi connectivity index (χ4v) is 2.56. The maximum Gasteiger partial charge on any atom is 0.416 e. The lowest BCUT2D eigenvalue weighted by Gasteiger charge is -2.15. The Labute approximate surface area is 127 Å². The van der Waals surface area contributed by atoms with Crippen LogP contribution in [-0.2, 0) is 12.6 Å². The summed E-state index contributed by atoms with van der Waals surface area (Å²) in [6.07, 6.45) is -4.16. The molecular weight excluding hydrogens is 350 g/mol. The third-order valence-electron chi connectivity index (χ3n) is 3.02. The van der Waals surface area contributed by atoms with E-state index in [4.69, 9.17) is 5.73 Å². The normalized spacial score (nSPS) is 13.2. The van der Waals surface area contributed by atoms with Crippen LogP contribution in [0.3, 0.4) is 0 Å². The van der Waals surface area contributed by atoms with Gasteiger partial charge in [-0.25, -0.2) is 4.39 Å². The quantitative estimate of drug-likeness (QED) is 0.777. The molecule has 0 saturated heterocycles. The van der Waals surface area contributed by atoms with Crippen LogP contribution in [0, 0.1) is 5.82 Å². The molecule has 6 heteroatoms. The molecule has 0 bridgehead atoms. The van der Waals surface area contributed by atoms with E-state index < -0.39 is 23.6 Å². The Morgan fingerprint density at radius 3 is 2.43 bits per heavy atom. The minimum absolute atomic E-state index is 0.248. The van der Waals surface area contributed by atoms with E-state index in [9.17, 15) is 17.6 Å². The van der Waals surface area contributed by atoms with Gasteiger partial charge in [0.05, 0.1) is 5.56 Å². The largest absolute Gasteiger partial charge is 0.416 e. The Kier molecular flexibility index (Phi) is 4.68. The number of hydrogen-bond donors (Lipinski definition) is 1. The van der Waals surface area contributed by atoms with Gasteiger partial charge in [0.15, 0.2) is 0 Å². The predicted octanol–water partition coefficient (Wildman–Crippen LogP) is 4.85. The van der Waals surface area contributed by atoms with Crippen LogP contribution in [0.25, 0.3) is 0 Å². The minimum Gasteiger partial charge on any atom is -0.324 e.